The number of hydrogen-bond acceptors (Lipinski definition) is 3. The van der Waals surface area contributed by atoms with E-state index in [9.17, 15) is 9.59 Å². The number of ether oxygens (including phenoxy) is 1. The first-order chi connectivity index (χ1) is 12.1. The summed E-state index contributed by atoms with van der Waals surface area (Å²) in [6.07, 6.45) is 2.32. The highest BCUT2D eigenvalue weighted by atomic mass is 35.5. The van der Waals surface area contributed by atoms with Gasteiger partial charge in [-0.25, -0.2) is 4.79 Å². The van der Waals surface area contributed by atoms with Crippen LogP contribution in [-0.4, -0.2) is 60.6 Å². The summed E-state index contributed by atoms with van der Waals surface area (Å²) in [5, 5.41) is 3.51. The fourth-order valence-electron chi connectivity index (χ4n) is 3.32. The van der Waals surface area contributed by atoms with Gasteiger partial charge < -0.3 is 19.9 Å². The maximum atomic E-state index is 12.7. The molecular weight excluding hydrogens is 342 g/mol. The van der Waals surface area contributed by atoms with E-state index in [1.807, 2.05) is 17.9 Å². The van der Waals surface area contributed by atoms with Gasteiger partial charge in [-0.3, -0.25) is 4.79 Å². The number of rotatable bonds is 3. The summed E-state index contributed by atoms with van der Waals surface area (Å²) in [7, 11) is 0. The first-order valence-corrected chi connectivity index (χ1v) is 9.12. The molecule has 1 aromatic rings. The summed E-state index contributed by atoms with van der Waals surface area (Å²) in [4.78, 5) is 28.8. The minimum Gasteiger partial charge on any atom is -0.377 e. The number of morpholine rings is 1. The Kier molecular flexibility index (Phi) is 5.81. The monoisotopic (exact) mass is 365 g/mol. The molecule has 2 heterocycles. The van der Waals surface area contributed by atoms with Crippen LogP contribution in [0.5, 0.6) is 0 Å². The number of urea groups is 1. The Balaban J connectivity index is 1.63. The molecule has 0 unspecified atom stereocenters. The largest absolute Gasteiger partial charge is 0.377 e. The molecule has 6 nitrogen and oxygen atoms in total. The Hall–Kier alpha value is -1.79. The van der Waals surface area contributed by atoms with Crippen molar-refractivity contribution in [1.82, 2.24) is 9.80 Å². The quantitative estimate of drug-likeness (QED) is 0.895. The van der Waals surface area contributed by atoms with Crippen LogP contribution in [-0.2, 0) is 9.53 Å². The summed E-state index contributed by atoms with van der Waals surface area (Å²) in [6.45, 7) is 4.91. The van der Waals surface area contributed by atoms with E-state index in [1.165, 1.54) is 0 Å². The Morgan fingerprint density at radius 3 is 2.80 bits per heavy atom. The van der Waals surface area contributed by atoms with Crippen molar-refractivity contribution >= 4 is 29.2 Å². The van der Waals surface area contributed by atoms with Gasteiger partial charge in [0, 0.05) is 36.8 Å². The number of halogens is 1. The molecular formula is C18H24ClN3O3. The molecule has 2 saturated heterocycles. The summed E-state index contributed by atoms with van der Waals surface area (Å²) in [5.74, 6) is -0.139. The fourth-order valence-corrected chi connectivity index (χ4v) is 3.50. The molecule has 2 aliphatic rings. The van der Waals surface area contributed by atoms with Crippen molar-refractivity contribution in [3.8, 4) is 0 Å². The van der Waals surface area contributed by atoms with E-state index in [0.29, 0.717) is 30.5 Å². The molecule has 0 saturated carbocycles. The van der Waals surface area contributed by atoms with Gasteiger partial charge in [0.05, 0.1) is 19.3 Å². The number of hydrogen-bond donors (Lipinski definition) is 1. The summed E-state index contributed by atoms with van der Waals surface area (Å²) >= 11 is 6.10. The number of nitrogens with one attached hydrogen (secondary N) is 1. The van der Waals surface area contributed by atoms with Gasteiger partial charge >= 0.3 is 6.03 Å². The number of nitrogens with zero attached hydrogens (tertiary/aromatic N) is 2. The second kappa shape index (κ2) is 8.06. The SMILES string of the molecule is Cc1c(Cl)cccc1NC(=O)C[C@@H]1COCCN1C(=O)N1CCCC1. The standard InChI is InChI=1S/C18H24ClN3O3/c1-13-15(19)5-4-6-16(13)20-17(23)11-14-12-25-10-9-22(14)18(24)21-7-2-3-8-21/h4-6,14H,2-3,7-12H2,1H3,(H,20,23)/t14-/m1/s1. The van der Waals surface area contributed by atoms with Crippen molar-refractivity contribution in [2.24, 2.45) is 0 Å². The van der Waals surface area contributed by atoms with E-state index in [4.69, 9.17) is 16.3 Å². The number of likely N-dealkylation sites (tertiary alicyclic amines) is 1. The first kappa shape index (κ1) is 18.0. The first-order valence-electron chi connectivity index (χ1n) is 8.74. The second-order valence-corrected chi connectivity index (χ2v) is 6.97. The third kappa shape index (κ3) is 4.25. The van der Waals surface area contributed by atoms with Gasteiger partial charge in [-0.05, 0) is 37.5 Å². The average molecular weight is 366 g/mol. The second-order valence-electron chi connectivity index (χ2n) is 6.56. The van der Waals surface area contributed by atoms with E-state index >= 15 is 0 Å². The lowest BCUT2D eigenvalue weighted by Crippen LogP contribution is -2.54. The number of anilines is 1. The molecule has 1 aromatic carbocycles. The van der Waals surface area contributed by atoms with Crippen molar-refractivity contribution in [1.29, 1.82) is 0 Å². The number of carbonyl (C=O) groups excluding carboxylic acids is 2. The Bertz CT molecular complexity index is 646. The molecule has 0 aliphatic carbocycles. The zero-order valence-corrected chi connectivity index (χ0v) is 15.2. The predicted molar refractivity (Wildman–Crippen MR) is 97.0 cm³/mol. The van der Waals surface area contributed by atoms with Crippen LogP contribution in [0.25, 0.3) is 0 Å². The van der Waals surface area contributed by atoms with Gasteiger partial charge in [0.2, 0.25) is 5.91 Å². The lowest BCUT2D eigenvalue weighted by Gasteiger charge is -2.37. The maximum absolute atomic E-state index is 12.7. The van der Waals surface area contributed by atoms with Crippen LogP contribution in [0.15, 0.2) is 18.2 Å². The lowest BCUT2D eigenvalue weighted by atomic mass is 10.1. The van der Waals surface area contributed by atoms with Crippen LogP contribution in [0.1, 0.15) is 24.8 Å². The molecule has 2 fully saturated rings. The molecule has 25 heavy (non-hydrogen) atoms. The normalized spacial score (nSPS) is 20.6. The van der Waals surface area contributed by atoms with Gasteiger partial charge in [0.25, 0.3) is 0 Å². The van der Waals surface area contributed by atoms with Crippen LogP contribution in [0, 0.1) is 6.92 Å². The van der Waals surface area contributed by atoms with Crippen LogP contribution < -0.4 is 5.32 Å². The molecule has 1 N–H and O–H groups in total. The van der Waals surface area contributed by atoms with Crippen LogP contribution in [0.2, 0.25) is 5.02 Å². The smallest absolute Gasteiger partial charge is 0.320 e. The van der Waals surface area contributed by atoms with Gasteiger partial charge in [-0.15, -0.1) is 0 Å². The average Bonchev–Trinajstić information content (AvgIpc) is 3.13. The zero-order chi connectivity index (χ0) is 17.8. The Labute approximate surface area is 153 Å². The van der Waals surface area contributed by atoms with Crippen LogP contribution in [0.3, 0.4) is 0 Å². The summed E-state index contributed by atoms with van der Waals surface area (Å²) in [6, 6.07) is 5.21. The van der Waals surface area contributed by atoms with Crippen LogP contribution >= 0.6 is 11.6 Å². The third-order valence-corrected chi connectivity index (χ3v) is 5.22. The summed E-state index contributed by atoms with van der Waals surface area (Å²) < 4.78 is 5.51. The fraction of sp³-hybridized carbons (Fsp3) is 0.556. The van der Waals surface area contributed by atoms with Crippen LogP contribution in [0.4, 0.5) is 10.5 Å². The molecule has 0 radical (unpaired) electrons. The van der Waals surface area contributed by atoms with Gasteiger partial charge in [0.1, 0.15) is 0 Å². The number of amides is 3. The van der Waals surface area contributed by atoms with E-state index in [-0.39, 0.29) is 24.4 Å². The van der Waals surface area contributed by atoms with Gasteiger partial charge in [0.15, 0.2) is 0 Å². The maximum Gasteiger partial charge on any atom is 0.320 e. The summed E-state index contributed by atoms with van der Waals surface area (Å²) in [5.41, 5.74) is 1.54. The van der Waals surface area contributed by atoms with Crippen molar-refractivity contribution in [3.63, 3.8) is 0 Å². The molecule has 136 valence electrons. The van der Waals surface area contributed by atoms with Gasteiger partial charge in [-0.1, -0.05) is 17.7 Å². The van der Waals surface area contributed by atoms with Crippen molar-refractivity contribution < 1.29 is 14.3 Å². The molecule has 0 spiro atoms. The van der Waals surface area contributed by atoms with E-state index in [1.54, 1.807) is 17.0 Å². The molecule has 0 bridgehead atoms. The third-order valence-electron chi connectivity index (χ3n) is 4.81. The topological polar surface area (TPSA) is 61.9 Å². The van der Waals surface area contributed by atoms with E-state index in [2.05, 4.69) is 5.32 Å². The lowest BCUT2D eigenvalue weighted by molar-refractivity contribution is -0.118. The molecule has 2 aliphatic heterocycles. The number of benzene rings is 1. The highest BCUT2D eigenvalue weighted by molar-refractivity contribution is 6.31. The minimum atomic E-state index is -0.235. The molecule has 0 aromatic heterocycles. The molecule has 3 rings (SSSR count). The molecule has 3 amide bonds. The molecule has 1 atom stereocenters. The highest BCUT2D eigenvalue weighted by Crippen LogP contribution is 2.24. The zero-order valence-electron chi connectivity index (χ0n) is 14.5. The minimum absolute atomic E-state index is 0.0255. The van der Waals surface area contributed by atoms with E-state index in [0.717, 1.165) is 31.5 Å². The van der Waals surface area contributed by atoms with Crippen molar-refractivity contribution in [3.05, 3.63) is 28.8 Å². The van der Waals surface area contributed by atoms with E-state index < -0.39 is 0 Å². The van der Waals surface area contributed by atoms with Crippen molar-refractivity contribution in [2.75, 3.05) is 38.2 Å². The highest BCUT2D eigenvalue weighted by Gasteiger charge is 2.32. The molecule has 7 heteroatoms. The number of carbonyl (C=O) groups is 2. The van der Waals surface area contributed by atoms with Crippen molar-refractivity contribution in [2.45, 2.75) is 32.2 Å². The Morgan fingerprint density at radius 2 is 2.04 bits per heavy atom. The predicted octanol–water partition coefficient (Wildman–Crippen LogP) is 2.89. The van der Waals surface area contributed by atoms with Gasteiger partial charge in [-0.2, -0.15) is 0 Å². The Morgan fingerprint density at radius 1 is 1.28 bits per heavy atom.